The molecule has 158 valence electrons. The number of carbonyl (C=O) groups excluding carboxylic acids is 3. The maximum atomic E-state index is 13.8. The minimum atomic E-state index is -3.57. The number of rotatable bonds is 9. The largest absolute Gasteiger partial charge is 0.438 e. The van der Waals surface area contributed by atoms with Gasteiger partial charge in [0, 0.05) is 29.5 Å². The molecule has 3 N–H and O–H groups in total. The number of benzene rings is 2. The van der Waals surface area contributed by atoms with Gasteiger partial charge in [0.1, 0.15) is 6.61 Å². The third-order valence-electron chi connectivity index (χ3n) is 4.86. The number of Topliss-reactive ketones (excluding diaryl/α,β-unsaturated/α-hetero) is 1. The fourth-order valence-corrected chi connectivity index (χ4v) is 5.34. The van der Waals surface area contributed by atoms with Crippen LogP contribution >= 0.6 is 7.37 Å². The van der Waals surface area contributed by atoms with Gasteiger partial charge >= 0.3 is 6.09 Å². The molecule has 2 aromatic rings. The molecule has 30 heavy (non-hydrogen) atoms. The lowest BCUT2D eigenvalue weighted by Crippen LogP contribution is -2.36. The lowest BCUT2D eigenvalue weighted by atomic mass is 9.98. The van der Waals surface area contributed by atoms with Crippen LogP contribution in [0.25, 0.3) is 0 Å². The molecule has 1 aliphatic rings. The van der Waals surface area contributed by atoms with Gasteiger partial charge in [-0.3, -0.25) is 14.2 Å². The topological polar surface area (TPSA) is 125 Å². The molecule has 8 nitrogen and oxygen atoms in total. The summed E-state index contributed by atoms with van der Waals surface area (Å²) in [5, 5.41) is 3.54. The molecule has 2 aromatic carbocycles. The zero-order valence-corrected chi connectivity index (χ0v) is 17.1. The van der Waals surface area contributed by atoms with Crippen molar-refractivity contribution < 1.29 is 28.2 Å². The molecule has 9 heteroatoms. The highest BCUT2D eigenvalue weighted by molar-refractivity contribution is 7.74. The van der Waals surface area contributed by atoms with Gasteiger partial charge in [-0.25, -0.2) is 4.79 Å². The molecule has 0 bridgehead atoms. The second kappa shape index (κ2) is 9.69. The van der Waals surface area contributed by atoms with Crippen molar-refractivity contribution in [1.82, 2.24) is 5.32 Å². The van der Waals surface area contributed by atoms with Crippen LogP contribution in [0.3, 0.4) is 0 Å². The highest BCUT2D eigenvalue weighted by atomic mass is 31.2. The van der Waals surface area contributed by atoms with Crippen LogP contribution in [-0.2, 0) is 23.4 Å². The number of amides is 2. The number of nitrogens with two attached hydrogens (primary N) is 1. The van der Waals surface area contributed by atoms with Gasteiger partial charge in [0.05, 0.1) is 0 Å². The van der Waals surface area contributed by atoms with Gasteiger partial charge in [-0.1, -0.05) is 36.4 Å². The minimum absolute atomic E-state index is 0.00204. The van der Waals surface area contributed by atoms with E-state index >= 15 is 0 Å². The summed E-state index contributed by atoms with van der Waals surface area (Å²) in [6.07, 6.45) is -1.85. The molecule has 1 unspecified atom stereocenters. The van der Waals surface area contributed by atoms with E-state index in [1.54, 1.807) is 60.7 Å². The normalized spacial score (nSPS) is 17.2. The van der Waals surface area contributed by atoms with E-state index in [0.29, 0.717) is 23.6 Å². The van der Waals surface area contributed by atoms with Crippen LogP contribution in [-0.4, -0.2) is 37.0 Å². The molecule has 1 saturated heterocycles. The number of hydrogen-bond acceptors (Lipinski definition) is 6. The number of carbonyl (C=O) groups is 3. The zero-order valence-electron chi connectivity index (χ0n) is 16.2. The number of nitrogens with one attached hydrogen (secondary N) is 1. The van der Waals surface area contributed by atoms with Crippen molar-refractivity contribution in [1.29, 1.82) is 0 Å². The molecule has 1 aliphatic heterocycles. The Hall–Kier alpha value is -2.96. The van der Waals surface area contributed by atoms with E-state index in [4.69, 9.17) is 15.0 Å². The van der Waals surface area contributed by atoms with Crippen LogP contribution in [0.5, 0.6) is 0 Å². The van der Waals surface area contributed by atoms with Crippen molar-refractivity contribution in [3.8, 4) is 0 Å². The Morgan fingerprint density at radius 2 is 1.63 bits per heavy atom. The summed E-state index contributed by atoms with van der Waals surface area (Å²) in [6.45, 7) is -0.0674. The predicted octanol–water partition coefficient (Wildman–Crippen LogP) is 1.49. The first-order valence-electron chi connectivity index (χ1n) is 9.52. The molecular formula is C21H23N2O6P. The van der Waals surface area contributed by atoms with Crippen LogP contribution in [0.4, 0.5) is 4.79 Å². The summed E-state index contributed by atoms with van der Waals surface area (Å²) >= 11 is 0. The standard InChI is InChI=1S/C21H23N2O6P/c22-21(26)29-19(13-15-11-12-23-20(15)25)18(24)14-28-30(27,16-7-3-1-4-8-16)17-9-5-2-6-10-17/h1-10,15,19H,11-14H2,(H2,22,26)(H,23,25)/t15-,19?/m0/s1. The second-order valence-electron chi connectivity index (χ2n) is 6.90. The van der Waals surface area contributed by atoms with Crippen molar-refractivity contribution in [2.45, 2.75) is 18.9 Å². The van der Waals surface area contributed by atoms with E-state index in [0.717, 1.165) is 0 Å². The van der Waals surface area contributed by atoms with E-state index < -0.39 is 37.9 Å². The Kier molecular flexibility index (Phi) is 7.03. The first-order valence-corrected chi connectivity index (χ1v) is 11.1. The lowest BCUT2D eigenvalue weighted by molar-refractivity contribution is -0.131. The lowest BCUT2D eigenvalue weighted by Gasteiger charge is -2.22. The molecule has 2 amide bonds. The highest BCUT2D eigenvalue weighted by Gasteiger charge is 2.35. The van der Waals surface area contributed by atoms with Crippen LogP contribution < -0.4 is 21.7 Å². The van der Waals surface area contributed by atoms with Gasteiger partial charge < -0.3 is 20.3 Å². The maximum Gasteiger partial charge on any atom is 0.405 e. The Balaban J connectivity index is 1.79. The van der Waals surface area contributed by atoms with Crippen molar-refractivity contribution in [2.75, 3.05) is 13.2 Å². The Morgan fingerprint density at radius 3 is 2.10 bits per heavy atom. The van der Waals surface area contributed by atoms with Gasteiger partial charge in [0.2, 0.25) is 5.91 Å². The van der Waals surface area contributed by atoms with Gasteiger partial charge in [-0.05, 0) is 30.7 Å². The fourth-order valence-electron chi connectivity index (χ4n) is 3.31. The summed E-state index contributed by atoms with van der Waals surface area (Å²) in [5.74, 6) is -1.28. The Labute approximate surface area is 174 Å². The third-order valence-corrected chi connectivity index (χ3v) is 7.31. The maximum absolute atomic E-state index is 13.8. The van der Waals surface area contributed by atoms with Crippen LogP contribution in [0.2, 0.25) is 0 Å². The molecule has 3 rings (SSSR count). The summed E-state index contributed by atoms with van der Waals surface area (Å²) < 4.78 is 24.4. The number of ether oxygens (including phenoxy) is 1. The molecule has 0 saturated carbocycles. The van der Waals surface area contributed by atoms with Crippen molar-refractivity contribution in [3.63, 3.8) is 0 Å². The zero-order chi connectivity index (χ0) is 21.6. The van der Waals surface area contributed by atoms with E-state index in [1.807, 2.05) is 0 Å². The molecule has 0 radical (unpaired) electrons. The Morgan fingerprint density at radius 1 is 1.07 bits per heavy atom. The van der Waals surface area contributed by atoms with Gasteiger partial charge in [-0.15, -0.1) is 0 Å². The molecular weight excluding hydrogens is 407 g/mol. The molecule has 1 fully saturated rings. The van der Waals surface area contributed by atoms with E-state index in [2.05, 4.69) is 5.32 Å². The van der Waals surface area contributed by atoms with E-state index in [1.165, 1.54) is 0 Å². The second-order valence-corrected chi connectivity index (χ2v) is 9.29. The first-order chi connectivity index (χ1) is 14.4. The van der Waals surface area contributed by atoms with Crippen molar-refractivity contribution in [2.24, 2.45) is 11.7 Å². The highest BCUT2D eigenvalue weighted by Crippen LogP contribution is 2.44. The SMILES string of the molecule is NC(=O)OC(C[C@@H]1CCNC1=O)C(=O)COP(=O)(c1ccccc1)c1ccccc1. The van der Waals surface area contributed by atoms with Crippen molar-refractivity contribution >= 4 is 35.8 Å². The van der Waals surface area contributed by atoms with Crippen molar-refractivity contribution in [3.05, 3.63) is 60.7 Å². The average Bonchev–Trinajstić information content (AvgIpc) is 3.16. The molecule has 0 spiro atoms. The number of hydrogen-bond donors (Lipinski definition) is 2. The summed E-state index contributed by atoms with van der Waals surface area (Å²) in [4.78, 5) is 35.9. The van der Waals surface area contributed by atoms with Crippen LogP contribution in [0.1, 0.15) is 12.8 Å². The quantitative estimate of drug-likeness (QED) is 0.581. The smallest absolute Gasteiger partial charge is 0.405 e. The predicted molar refractivity (Wildman–Crippen MR) is 111 cm³/mol. The van der Waals surface area contributed by atoms with E-state index in [-0.39, 0.29) is 12.3 Å². The fraction of sp³-hybridized carbons (Fsp3) is 0.286. The van der Waals surface area contributed by atoms with E-state index in [9.17, 15) is 18.9 Å². The number of ketones is 1. The van der Waals surface area contributed by atoms with Gasteiger partial charge in [-0.2, -0.15) is 0 Å². The summed E-state index contributed by atoms with van der Waals surface area (Å²) in [5.41, 5.74) is 5.09. The first kappa shape index (κ1) is 21.7. The van der Waals surface area contributed by atoms with Crippen LogP contribution in [0, 0.1) is 5.92 Å². The third kappa shape index (κ3) is 5.14. The summed E-state index contributed by atoms with van der Waals surface area (Å²) in [7, 11) is -3.57. The molecule has 0 aromatic heterocycles. The molecule has 2 atom stereocenters. The molecule has 1 heterocycles. The summed E-state index contributed by atoms with van der Waals surface area (Å²) in [6, 6.07) is 17.2. The Bertz CT molecular complexity index is 907. The van der Waals surface area contributed by atoms with Gasteiger partial charge in [0.15, 0.2) is 11.9 Å². The average molecular weight is 430 g/mol. The number of primary amides is 1. The molecule has 0 aliphatic carbocycles. The van der Waals surface area contributed by atoms with Gasteiger partial charge in [0.25, 0.3) is 7.37 Å². The minimum Gasteiger partial charge on any atom is -0.438 e. The van der Waals surface area contributed by atoms with Crippen LogP contribution in [0.15, 0.2) is 60.7 Å². The monoisotopic (exact) mass is 430 g/mol.